The molecule has 0 radical (unpaired) electrons. The summed E-state index contributed by atoms with van der Waals surface area (Å²) >= 11 is 1.69. The first-order chi connectivity index (χ1) is 10.6. The summed E-state index contributed by atoms with van der Waals surface area (Å²) in [6, 6.07) is 1.43. The molecule has 0 saturated carbocycles. The van der Waals surface area contributed by atoms with Gasteiger partial charge in [-0.3, -0.25) is 14.5 Å². The van der Waals surface area contributed by atoms with Crippen LogP contribution >= 0.6 is 11.3 Å². The van der Waals surface area contributed by atoms with Gasteiger partial charge in [-0.15, -0.1) is 0 Å². The summed E-state index contributed by atoms with van der Waals surface area (Å²) in [6.07, 6.45) is 0.888. The van der Waals surface area contributed by atoms with Crippen LogP contribution in [0.25, 0.3) is 0 Å². The normalized spacial score (nSPS) is 27.5. The van der Waals surface area contributed by atoms with Crippen molar-refractivity contribution in [2.24, 2.45) is 5.92 Å². The van der Waals surface area contributed by atoms with E-state index in [9.17, 15) is 9.59 Å². The van der Waals surface area contributed by atoms with Crippen molar-refractivity contribution in [1.29, 1.82) is 0 Å². The Hall–Kier alpha value is -1.40. The minimum Gasteiger partial charge on any atom is -0.342 e. The molecule has 22 heavy (non-hydrogen) atoms. The number of fused-ring (bicyclic) bond motifs is 1. The predicted molar refractivity (Wildman–Crippen MR) is 86.5 cm³/mol. The summed E-state index contributed by atoms with van der Waals surface area (Å²) in [7, 11) is 0. The van der Waals surface area contributed by atoms with Crippen molar-refractivity contribution in [2.45, 2.75) is 38.9 Å². The molecule has 120 valence electrons. The summed E-state index contributed by atoms with van der Waals surface area (Å²) in [4.78, 5) is 29.1. The second-order valence-electron chi connectivity index (χ2n) is 6.29. The van der Waals surface area contributed by atoms with Crippen LogP contribution < -0.4 is 5.32 Å². The molecule has 1 aromatic rings. The van der Waals surface area contributed by atoms with Crippen LogP contribution in [0.3, 0.4) is 0 Å². The lowest BCUT2D eigenvalue weighted by molar-refractivity contribution is -0.154. The van der Waals surface area contributed by atoms with Gasteiger partial charge in [0.15, 0.2) is 0 Å². The van der Waals surface area contributed by atoms with E-state index in [0.29, 0.717) is 13.1 Å². The molecule has 3 atom stereocenters. The number of amides is 2. The van der Waals surface area contributed by atoms with Gasteiger partial charge < -0.3 is 10.2 Å². The van der Waals surface area contributed by atoms with E-state index in [1.807, 2.05) is 6.92 Å². The third-order valence-electron chi connectivity index (χ3n) is 4.81. The molecule has 0 bridgehead atoms. The van der Waals surface area contributed by atoms with Crippen LogP contribution in [0.5, 0.6) is 0 Å². The molecule has 1 aromatic heterocycles. The van der Waals surface area contributed by atoms with Gasteiger partial charge in [0, 0.05) is 26.2 Å². The smallest absolute Gasteiger partial charge is 0.246 e. The fourth-order valence-electron chi connectivity index (χ4n) is 3.22. The average Bonchev–Trinajstić information content (AvgIpc) is 3.03. The maximum absolute atomic E-state index is 12.6. The summed E-state index contributed by atoms with van der Waals surface area (Å²) in [5.74, 6) is 0.273. The van der Waals surface area contributed by atoms with E-state index in [1.54, 1.807) is 16.2 Å². The molecule has 2 fully saturated rings. The number of nitrogens with zero attached hydrogens (tertiary/aromatic N) is 2. The Morgan fingerprint density at radius 2 is 2.23 bits per heavy atom. The third kappa shape index (κ3) is 2.90. The third-order valence-corrected chi connectivity index (χ3v) is 5.55. The lowest BCUT2D eigenvalue weighted by Crippen LogP contribution is -2.70. The fourth-order valence-corrected chi connectivity index (χ4v) is 3.88. The summed E-state index contributed by atoms with van der Waals surface area (Å²) in [5, 5.41) is 7.15. The number of carbonyl (C=O) groups is 2. The van der Waals surface area contributed by atoms with Crippen LogP contribution in [0.4, 0.5) is 0 Å². The highest BCUT2D eigenvalue weighted by Gasteiger charge is 2.44. The molecule has 2 aliphatic rings. The van der Waals surface area contributed by atoms with Gasteiger partial charge in [0.25, 0.3) is 0 Å². The van der Waals surface area contributed by atoms with E-state index < -0.39 is 0 Å². The Bertz CT molecular complexity index is 546. The molecule has 3 rings (SSSR count). The first-order valence-electron chi connectivity index (χ1n) is 7.94. The highest BCUT2D eigenvalue weighted by molar-refractivity contribution is 7.07. The number of hydrogen-bond acceptors (Lipinski definition) is 4. The SMILES string of the molecule is CC[C@H](C)[C@@H]1NC(=O)[C@H]2CN(Cc3ccsc3)CCN2C1=O. The fraction of sp³-hybridized carbons (Fsp3) is 0.625. The highest BCUT2D eigenvalue weighted by atomic mass is 32.1. The zero-order chi connectivity index (χ0) is 15.7. The van der Waals surface area contributed by atoms with Crippen LogP contribution in [-0.4, -0.2) is 53.3 Å². The maximum atomic E-state index is 12.6. The van der Waals surface area contributed by atoms with Gasteiger partial charge in [-0.1, -0.05) is 20.3 Å². The molecule has 0 aromatic carbocycles. The number of nitrogens with one attached hydrogen (secondary N) is 1. The number of rotatable bonds is 4. The molecule has 2 aliphatic heterocycles. The molecule has 3 heterocycles. The lowest BCUT2D eigenvalue weighted by Gasteiger charge is -2.46. The van der Waals surface area contributed by atoms with E-state index >= 15 is 0 Å². The number of piperazine rings is 2. The Morgan fingerprint density at radius 3 is 2.91 bits per heavy atom. The van der Waals surface area contributed by atoms with Crippen LogP contribution in [-0.2, 0) is 16.1 Å². The van der Waals surface area contributed by atoms with Crippen molar-refractivity contribution in [3.05, 3.63) is 22.4 Å². The van der Waals surface area contributed by atoms with E-state index in [1.165, 1.54) is 5.56 Å². The van der Waals surface area contributed by atoms with E-state index in [-0.39, 0.29) is 29.8 Å². The van der Waals surface area contributed by atoms with Gasteiger partial charge in [0.2, 0.25) is 11.8 Å². The second-order valence-corrected chi connectivity index (χ2v) is 7.07. The van der Waals surface area contributed by atoms with Crippen molar-refractivity contribution in [1.82, 2.24) is 15.1 Å². The topological polar surface area (TPSA) is 52.7 Å². The van der Waals surface area contributed by atoms with Gasteiger partial charge in [-0.05, 0) is 28.3 Å². The monoisotopic (exact) mass is 321 g/mol. The van der Waals surface area contributed by atoms with Crippen LogP contribution in [0, 0.1) is 5.92 Å². The van der Waals surface area contributed by atoms with Crippen molar-refractivity contribution < 1.29 is 9.59 Å². The molecular formula is C16H23N3O2S. The first kappa shape index (κ1) is 15.5. The maximum Gasteiger partial charge on any atom is 0.246 e. The van der Waals surface area contributed by atoms with Crippen molar-refractivity contribution in [3.63, 3.8) is 0 Å². The zero-order valence-corrected chi connectivity index (χ0v) is 13.9. The zero-order valence-electron chi connectivity index (χ0n) is 13.1. The molecule has 1 N–H and O–H groups in total. The highest BCUT2D eigenvalue weighted by Crippen LogP contribution is 2.22. The molecule has 5 nitrogen and oxygen atoms in total. The van der Waals surface area contributed by atoms with Gasteiger partial charge in [-0.25, -0.2) is 0 Å². The minimum absolute atomic E-state index is 0.0000753. The molecule has 0 aliphatic carbocycles. The quantitative estimate of drug-likeness (QED) is 0.910. The minimum atomic E-state index is -0.350. The summed E-state index contributed by atoms with van der Waals surface area (Å²) < 4.78 is 0. The lowest BCUT2D eigenvalue weighted by atomic mass is 9.93. The Morgan fingerprint density at radius 1 is 1.41 bits per heavy atom. The van der Waals surface area contributed by atoms with Crippen LogP contribution in [0.15, 0.2) is 16.8 Å². The summed E-state index contributed by atoms with van der Waals surface area (Å²) in [6.45, 7) is 7.03. The van der Waals surface area contributed by atoms with Crippen LogP contribution in [0.1, 0.15) is 25.8 Å². The average molecular weight is 321 g/mol. The van der Waals surface area contributed by atoms with E-state index in [4.69, 9.17) is 0 Å². The van der Waals surface area contributed by atoms with Gasteiger partial charge in [0.05, 0.1) is 0 Å². The van der Waals surface area contributed by atoms with Crippen LogP contribution in [0.2, 0.25) is 0 Å². The number of thiophene rings is 1. The van der Waals surface area contributed by atoms with Gasteiger partial charge >= 0.3 is 0 Å². The molecule has 0 unspecified atom stereocenters. The van der Waals surface area contributed by atoms with Crippen molar-refractivity contribution in [3.8, 4) is 0 Å². The number of hydrogen-bond donors (Lipinski definition) is 1. The van der Waals surface area contributed by atoms with Gasteiger partial charge in [-0.2, -0.15) is 11.3 Å². The number of carbonyl (C=O) groups excluding carboxylic acids is 2. The Labute approximate surface area is 135 Å². The summed E-state index contributed by atoms with van der Waals surface area (Å²) in [5.41, 5.74) is 1.28. The molecule has 0 spiro atoms. The predicted octanol–water partition coefficient (Wildman–Crippen LogP) is 1.31. The second kappa shape index (κ2) is 6.38. The largest absolute Gasteiger partial charge is 0.342 e. The van der Waals surface area contributed by atoms with Crippen molar-refractivity contribution in [2.75, 3.05) is 19.6 Å². The van der Waals surface area contributed by atoms with E-state index in [0.717, 1.165) is 19.5 Å². The standard InChI is InChI=1S/C16H23N3O2S/c1-3-11(2)14-16(21)19-6-5-18(8-12-4-7-22-10-12)9-13(19)15(20)17-14/h4,7,10-11,13-14H,3,5-6,8-9H2,1-2H3,(H,17,20)/t11-,13+,14-/m0/s1. The Kier molecular flexibility index (Phi) is 4.49. The molecule has 2 saturated heterocycles. The van der Waals surface area contributed by atoms with Crippen molar-refractivity contribution >= 4 is 23.2 Å². The molecule has 2 amide bonds. The molecule has 6 heteroatoms. The molecular weight excluding hydrogens is 298 g/mol. The van der Waals surface area contributed by atoms with Gasteiger partial charge in [0.1, 0.15) is 12.1 Å². The Balaban J connectivity index is 1.68. The first-order valence-corrected chi connectivity index (χ1v) is 8.88. The van der Waals surface area contributed by atoms with E-state index in [2.05, 4.69) is 34.0 Å².